The molecule has 0 aliphatic carbocycles. The lowest BCUT2D eigenvalue weighted by Crippen LogP contribution is -2.47. The SMILES string of the molecule is N#CC1(NC(=O)c2ccc(-c3ccc(Cl)c(Cl)c3)s2)CCSC1. The van der Waals surface area contributed by atoms with Crippen LogP contribution in [-0.2, 0) is 0 Å². The lowest BCUT2D eigenvalue weighted by atomic mass is 10.0. The molecule has 3 nitrogen and oxygen atoms in total. The highest BCUT2D eigenvalue weighted by Gasteiger charge is 2.36. The van der Waals surface area contributed by atoms with Crippen molar-refractivity contribution in [3.63, 3.8) is 0 Å². The summed E-state index contributed by atoms with van der Waals surface area (Å²) in [5, 5.41) is 13.2. The predicted octanol–water partition coefficient (Wildman–Crippen LogP) is 4.85. The molecule has 1 aromatic carbocycles. The molecule has 1 unspecified atom stereocenters. The predicted molar refractivity (Wildman–Crippen MR) is 97.5 cm³/mol. The van der Waals surface area contributed by atoms with Gasteiger partial charge in [-0.2, -0.15) is 17.0 Å². The number of carbonyl (C=O) groups is 1. The van der Waals surface area contributed by atoms with Gasteiger partial charge in [0.15, 0.2) is 0 Å². The van der Waals surface area contributed by atoms with Crippen LogP contribution in [0, 0.1) is 11.3 Å². The van der Waals surface area contributed by atoms with Gasteiger partial charge in [-0.15, -0.1) is 11.3 Å². The lowest BCUT2D eigenvalue weighted by molar-refractivity contribution is 0.0930. The van der Waals surface area contributed by atoms with E-state index >= 15 is 0 Å². The summed E-state index contributed by atoms with van der Waals surface area (Å²) in [5.41, 5.74) is 0.171. The van der Waals surface area contributed by atoms with Crippen molar-refractivity contribution in [2.45, 2.75) is 12.0 Å². The number of benzene rings is 1. The molecule has 0 spiro atoms. The normalized spacial score (nSPS) is 20.2. The molecular formula is C16H12Cl2N2OS2. The Kier molecular flexibility index (Phi) is 4.88. The van der Waals surface area contributed by atoms with Crippen LogP contribution in [-0.4, -0.2) is 23.0 Å². The third-order valence-electron chi connectivity index (χ3n) is 3.62. The molecule has 1 amide bonds. The first kappa shape index (κ1) is 16.7. The zero-order valence-corrected chi connectivity index (χ0v) is 15.1. The van der Waals surface area contributed by atoms with Crippen LogP contribution in [0.2, 0.25) is 10.0 Å². The molecule has 1 fully saturated rings. The average Bonchev–Trinajstić information content (AvgIpc) is 3.20. The van der Waals surface area contributed by atoms with Gasteiger partial charge in [-0.3, -0.25) is 4.79 Å². The molecule has 1 aliphatic heterocycles. The molecule has 1 aromatic heterocycles. The Balaban J connectivity index is 1.80. The van der Waals surface area contributed by atoms with Gasteiger partial charge < -0.3 is 5.32 Å². The number of thiophene rings is 1. The highest BCUT2D eigenvalue weighted by Crippen LogP contribution is 2.33. The van der Waals surface area contributed by atoms with Crippen molar-refractivity contribution >= 4 is 52.2 Å². The molecule has 3 rings (SSSR count). The second kappa shape index (κ2) is 6.74. The van der Waals surface area contributed by atoms with Gasteiger partial charge in [0.1, 0.15) is 5.54 Å². The Morgan fingerprint density at radius 1 is 1.26 bits per heavy atom. The molecule has 2 heterocycles. The van der Waals surface area contributed by atoms with E-state index in [1.54, 1.807) is 30.0 Å². The van der Waals surface area contributed by atoms with Gasteiger partial charge in [0.2, 0.25) is 0 Å². The van der Waals surface area contributed by atoms with Crippen LogP contribution in [0.3, 0.4) is 0 Å². The number of thioether (sulfide) groups is 1. The molecule has 23 heavy (non-hydrogen) atoms. The minimum Gasteiger partial charge on any atom is -0.332 e. The Labute approximate surface area is 152 Å². The monoisotopic (exact) mass is 382 g/mol. The van der Waals surface area contributed by atoms with Crippen LogP contribution < -0.4 is 5.32 Å². The summed E-state index contributed by atoms with van der Waals surface area (Å²) >= 11 is 15.0. The third kappa shape index (κ3) is 3.51. The van der Waals surface area contributed by atoms with Gasteiger partial charge in [-0.05, 0) is 42.0 Å². The van der Waals surface area contributed by atoms with E-state index in [4.69, 9.17) is 23.2 Å². The third-order valence-corrected chi connectivity index (χ3v) is 6.68. The van der Waals surface area contributed by atoms with E-state index in [-0.39, 0.29) is 5.91 Å². The van der Waals surface area contributed by atoms with Crippen LogP contribution in [0.1, 0.15) is 16.1 Å². The maximum atomic E-state index is 12.4. The number of nitrogens with zero attached hydrogens (tertiary/aromatic N) is 1. The highest BCUT2D eigenvalue weighted by molar-refractivity contribution is 7.99. The van der Waals surface area contributed by atoms with E-state index < -0.39 is 5.54 Å². The Hall–Kier alpha value is -1.19. The van der Waals surface area contributed by atoms with E-state index in [0.717, 1.165) is 16.2 Å². The molecule has 0 bridgehead atoms. The summed E-state index contributed by atoms with van der Waals surface area (Å²) < 4.78 is 0. The summed E-state index contributed by atoms with van der Waals surface area (Å²) in [4.78, 5) is 13.9. The van der Waals surface area contributed by atoms with Gasteiger partial charge in [0, 0.05) is 10.6 Å². The molecule has 1 saturated heterocycles. The largest absolute Gasteiger partial charge is 0.332 e. The second-order valence-corrected chi connectivity index (χ2v) is 8.25. The molecule has 7 heteroatoms. The average molecular weight is 383 g/mol. The fourth-order valence-corrected chi connectivity index (χ4v) is 4.79. The van der Waals surface area contributed by atoms with Gasteiger partial charge in [0.05, 0.1) is 21.0 Å². The van der Waals surface area contributed by atoms with E-state index in [0.29, 0.717) is 27.1 Å². The van der Waals surface area contributed by atoms with Crippen molar-refractivity contribution in [1.29, 1.82) is 5.26 Å². The van der Waals surface area contributed by atoms with Crippen molar-refractivity contribution in [3.05, 3.63) is 45.3 Å². The number of carbonyl (C=O) groups excluding carboxylic acids is 1. The standard InChI is InChI=1S/C16H12Cl2N2OS2/c17-11-2-1-10(7-12(11)18)13-3-4-14(23-13)15(21)20-16(8-19)5-6-22-9-16/h1-4,7H,5-6,9H2,(H,20,21). The number of nitriles is 1. The van der Waals surface area contributed by atoms with Gasteiger partial charge in [-0.25, -0.2) is 0 Å². The first-order valence-corrected chi connectivity index (χ1v) is 9.62. The summed E-state index contributed by atoms with van der Waals surface area (Å²) in [6.45, 7) is 0. The number of hydrogen-bond donors (Lipinski definition) is 1. The van der Waals surface area contributed by atoms with E-state index in [1.807, 2.05) is 12.1 Å². The first-order chi connectivity index (χ1) is 11.0. The highest BCUT2D eigenvalue weighted by atomic mass is 35.5. The number of halogens is 2. The molecule has 118 valence electrons. The summed E-state index contributed by atoms with van der Waals surface area (Å²) in [7, 11) is 0. The number of rotatable bonds is 3. The number of nitrogens with one attached hydrogen (secondary N) is 1. The van der Waals surface area contributed by atoms with Crippen molar-refractivity contribution in [2.24, 2.45) is 0 Å². The summed E-state index contributed by atoms with van der Waals surface area (Å²) in [6.07, 6.45) is 0.685. The van der Waals surface area contributed by atoms with Gasteiger partial charge >= 0.3 is 0 Å². The van der Waals surface area contributed by atoms with E-state index in [1.165, 1.54) is 11.3 Å². The first-order valence-electron chi connectivity index (χ1n) is 6.90. The Morgan fingerprint density at radius 3 is 2.74 bits per heavy atom. The molecule has 0 radical (unpaired) electrons. The van der Waals surface area contributed by atoms with Crippen molar-refractivity contribution in [1.82, 2.24) is 5.32 Å². The van der Waals surface area contributed by atoms with E-state index in [9.17, 15) is 10.1 Å². The zero-order valence-electron chi connectivity index (χ0n) is 11.9. The molecule has 1 atom stereocenters. The van der Waals surface area contributed by atoms with Crippen LogP contribution in [0.4, 0.5) is 0 Å². The molecule has 1 N–H and O–H groups in total. The molecule has 1 aliphatic rings. The maximum absolute atomic E-state index is 12.4. The smallest absolute Gasteiger partial charge is 0.262 e. The second-order valence-electron chi connectivity index (χ2n) is 5.24. The fourth-order valence-electron chi connectivity index (χ4n) is 2.32. The fraction of sp³-hybridized carbons (Fsp3) is 0.250. The molecular weight excluding hydrogens is 371 g/mol. The van der Waals surface area contributed by atoms with Crippen LogP contribution in [0.15, 0.2) is 30.3 Å². The quantitative estimate of drug-likeness (QED) is 0.824. The zero-order chi connectivity index (χ0) is 16.4. The van der Waals surface area contributed by atoms with Gasteiger partial charge in [-0.1, -0.05) is 29.3 Å². The van der Waals surface area contributed by atoms with Crippen LogP contribution in [0.5, 0.6) is 0 Å². The van der Waals surface area contributed by atoms with E-state index in [2.05, 4.69) is 11.4 Å². The van der Waals surface area contributed by atoms with Crippen LogP contribution in [0.25, 0.3) is 10.4 Å². The molecule has 2 aromatic rings. The summed E-state index contributed by atoms with van der Waals surface area (Å²) in [5.74, 6) is 1.33. The summed E-state index contributed by atoms with van der Waals surface area (Å²) in [6, 6.07) is 11.3. The van der Waals surface area contributed by atoms with Crippen molar-refractivity contribution in [3.8, 4) is 16.5 Å². The molecule has 0 saturated carbocycles. The maximum Gasteiger partial charge on any atom is 0.262 e. The Bertz CT molecular complexity index is 792. The van der Waals surface area contributed by atoms with Gasteiger partial charge in [0.25, 0.3) is 5.91 Å². The Morgan fingerprint density at radius 2 is 2.09 bits per heavy atom. The number of amides is 1. The minimum atomic E-state index is -0.741. The van der Waals surface area contributed by atoms with Crippen molar-refractivity contribution < 1.29 is 4.79 Å². The van der Waals surface area contributed by atoms with Crippen molar-refractivity contribution in [2.75, 3.05) is 11.5 Å². The lowest BCUT2D eigenvalue weighted by Gasteiger charge is -2.20. The topological polar surface area (TPSA) is 52.9 Å². The number of hydrogen-bond acceptors (Lipinski definition) is 4. The van der Waals surface area contributed by atoms with Crippen LogP contribution >= 0.6 is 46.3 Å². The minimum absolute atomic E-state index is 0.203.